The molecule has 0 bridgehead atoms. The number of ketones is 1. The van der Waals surface area contributed by atoms with Gasteiger partial charge in [0, 0.05) is 23.8 Å². The van der Waals surface area contributed by atoms with Gasteiger partial charge in [0.25, 0.3) is 0 Å². The highest BCUT2D eigenvalue weighted by Gasteiger charge is 2.37. The van der Waals surface area contributed by atoms with E-state index in [4.69, 9.17) is 4.74 Å². The lowest BCUT2D eigenvalue weighted by Gasteiger charge is -2.22. The number of carbonyl (C=O) groups excluding carboxylic acids is 1. The fraction of sp³-hybridized carbons (Fsp3) is 0.438. The van der Waals surface area contributed by atoms with Crippen molar-refractivity contribution in [1.29, 1.82) is 0 Å². The van der Waals surface area contributed by atoms with E-state index in [0.29, 0.717) is 12.3 Å². The van der Waals surface area contributed by atoms with Gasteiger partial charge in [-0.2, -0.15) is 0 Å². The summed E-state index contributed by atoms with van der Waals surface area (Å²) in [5.74, 6) is 0.0193. The number of allylic oxidation sites excluding steroid dienone is 2. The first-order chi connectivity index (χ1) is 9.15. The molecule has 2 aliphatic rings. The molecule has 19 heavy (non-hydrogen) atoms. The van der Waals surface area contributed by atoms with Crippen LogP contribution < -0.4 is 0 Å². The summed E-state index contributed by atoms with van der Waals surface area (Å²) in [5, 5.41) is 0. The summed E-state index contributed by atoms with van der Waals surface area (Å²) in [6.07, 6.45) is 6.24. The molecule has 1 aliphatic heterocycles. The molecule has 0 saturated carbocycles. The van der Waals surface area contributed by atoms with E-state index in [-0.39, 0.29) is 11.4 Å². The van der Waals surface area contributed by atoms with Crippen LogP contribution in [0.2, 0.25) is 0 Å². The topological polar surface area (TPSA) is 39.2 Å². The van der Waals surface area contributed by atoms with E-state index >= 15 is 0 Å². The number of hydrogen-bond donors (Lipinski definition) is 0. The van der Waals surface area contributed by atoms with E-state index in [9.17, 15) is 4.79 Å². The Morgan fingerprint density at radius 3 is 2.74 bits per heavy atom. The molecular weight excluding hydrogens is 238 g/mol. The van der Waals surface area contributed by atoms with Gasteiger partial charge in [-0.25, -0.2) is 0 Å². The van der Waals surface area contributed by atoms with Crippen molar-refractivity contribution in [2.75, 3.05) is 0 Å². The molecule has 1 atom stereocenters. The summed E-state index contributed by atoms with van der Waals surface area (Å²) < 4.78 is 5.83. The number of rotatable bonds is 3. The van der Waals surface area contributed by atoms with Gasteiger partial charge in [0.1, 0.15) is 5.69 Å². The molecule has 0 spiro atoms. The van der Waals surface area contributed by atoms with Gasteiger partial charge in [0.2, 0.25) is 5.78 Å². The molecular formula is C16H20NO2. The van der Waals surface area contributed by atoms with Crippen molar-refractivity contribution < 1.29 is 9.53 Å². The first kappa shape index (κ1) is 13.9. The summed E-state index contributed by atoms with van der Waals surface area (Å²) >= 11 is 0. The number of nitrogens with zero attached hydrogens (tertiary/aromatic N) is 1. The van der Waals surface area contributed by atoms with Gasteiger partial charge < -0.3 is 4.74 Å². The highest BCUT2D eigenvalue weighted by atomic mass is 16.5. The van der Waals surface area contributed by atoms with Gasteiger partial charge in [0.15, 0.2) is 0 Å². The SMILES string of the molecule is CC.CCC1(C)OCc2c1ccnc2C(=O)C1=C[CH]1. The smallest absolute Gasteiger partial charge is 0.208 e. The summed E-state index contributed by atoms with van der Waals surface area (Å²) in [4.78, 5) is 16.3. The van der Waals surface area contributed by atoms with Crippen LogP contribution in [0.4, 0.5) is 0 Å². The Morgan fingerprint density at radius 2 is 2.16 bits per heavy atom. The first-order valence-electron chi connectivity index (χ1n) is 6.88. The Bertz CT molecular complexity index is 534. The quantitative estimate of drug-likeness (QED) is 0.778. The van der Waals surface area contributed by atoms with Crippen LogP contribution in [0.15, 0.2) is 23.9 Å². The van der Waals surface area contributed by atoms with E-state index in [1.54, 1.807) is 6.20 Å². The third-order valence-corrected chi connectivity index (χ3v) is 3.65. The second-order valence-corrected chi connectivity index (χ2v) is 4.68. The number of hydrogen-bond acceptors (Lipinski definition) is 3. The molecule has 1 unspecified atom stereocenters. The molecule has 2 heterocycles. The van der Waals surface area contributed by atoms with Crippen LogP contribution in [0.1, 0.15) is 55.7 Å². The molecule has 3 nitrogen and oxygen atoms in total. The van der Waals surface area contributed by atoms with Crippen molar-refractivity contribution in [2.45, 2.75) is 46.3 Å². The van der Waals surface area contributed by atoms with Gasteiger partial charge in [-0.05, 0) is 25.0 Å². The van der Waals surface area contributed by atoms with E-state index in [2.05, 4.69) is 18.8 Å². The van der Waals surface area contributed by atoms with Gasteiger partial charge in [-0.3, -0.25) is 9.78 Å². The minimum atomic E-state index is -0.269. The van der Waals surface area contributed by atoms with Crippen molar-refractivity contribution in [3.05, 3.63) is 47.2 Å². The van der Waals surface area contributed by atoms with Crippen molar-refractivity contribution >= 4 is 5.78 Å². The Hall–Kier alpha value is -1.48. The summed E-state index contributed by atoms with van der Waals surface area (Å²) in [5.41, 5.74) is 3.12. The summed E-state index contributed by atoms with van der Waals surface area (Å²) in [6, 6.07) is 1.97. The molecule has 0 saturated heterocycles. The Kier molecular flexibility index (Phi) is 3.85. The number of ether oxygens (including phenoxy) is 1. The maximum absolute atomic E-state index is 12.0. The molecule has 1 aromatic heterocycles. The van der Waals surface area contributed by atoms with E-state index in [1.165, 1.54) is 0 Å². The van der Waals surface area contributed by atoms with Crippen molar-refractivity contribution in [3.63, 3.8) is 0 Å². The second kappa shape index (κ2) is 5.25. The third kappa shape index (κ3) is 2.35. The first-order valence-corrected chi connectivity index (χ1v) is 6.88. The van der Waals surface area contributed by atoms with Crippen molar-refractivity contribution in [2.24, 2.45) is 0 Å². The lowest BCUT2D eigenvalue weighted by Crippen LogP contribution is -2.19. The fourth-order valence-electron chi connectivity index (χ4n) is 2.26. The van der Waals surface area contributed by atoms with Crippen LogP contribution in [-0.4, -0.2) is 10.8 Å². The molecule has 3 rings (SSSR count). The Balaban J connectivity index is 0.000000637. The zero-order valence-electron chi connectivity index (χ0n) is 12.0. The summed E-state index contributed by atoms with van der Waals surface area (Å²) in [7, 11) is 0. The van der Waals surface area contributed by atoms with Crippen molar-refractivity contribution in [3.8, 4) is 0 Å². The van der Waals surface area contributed by atoms with Crippen LogP contribution in [0, 0.1) is 6.42 Å². The predicted octanol–water partition coefficient (Wildman–Crippen LogP) is 3.59. The average molecular weight is 258 g/mol. The van der Waals surface area contributed by atoms with E-state index in [0.717, 1.165) is 23.1 Å². The predicted molar refractivity (Wildman–Crippen MR) is 74.7 cm³/mol. The minimum Gasteiger partial charge on any atom is -0.366 e. The number of carbonyl (C=O) groups is 1. The molecule has 1 aromatic rings. The van der Waals surface area contributed by atoms with Crippen molar-refractivity contribution in [1.82, 2.24) is 4.98 Å². The molecule has 0 fully saturated rings. The van der Waals surface area contributed by atoms with Crippen LogP contribution >= 0.6 is 0 Å². The number of Topliss-reactive ketones (excluding diaryl/α,β-unsaturated/α-hetero) is 1. The minimum absolute atomic E-state index is 0.0193. The van der Waals surface area contributed by atoms with Crippen LogP contribution in [-0.2, 0) is 16.9 Å². The summed E-state index contributed by atoms with van der Waals surface area (Å²) in [6.45, 7) is 8.64. The normalized spacial score (nSPS) is 23.1. The lowest BCUT2D eigenvalue weighted by molar-refractivity contribution is -0.0260. The molecule has 3 heteroatoms. The van der Waals surface area contributed by atoms with Gasteiger partial charge >= 0.3 is 0 Å². The average Bonchev–Trinajstić information content (AvgIpc) is 3.25. The van der Waals surface area contributed by atoms with Crippen LogP contribution in [0.25, 0.3) is 0 Å². The highest BCUT2D eigenvalue weighted by molar-refractivity contribution is 6.13. The highest BCUT2D eigenvalue weighted by Crippen LogP contribution is 2.40. The molecule has 1 radical (unpaired) electrons. The van der Waals surface area contributed by atoms with Gasteiger partial charge in [0.05, 0.1) is 12.2 Å². The fourth-order valence-corrected chi connectivity index (χ4v) is 2.26. The second-order valence-electron chi connectivity index (χ2n) is 4.68. The maximum atomic E-state index is 12.0. The maximum Gasteiger partial charge on any atom is 0.208 e. The zero-order valence-corrected chi connectivity index (χ0v) is 12.0. The van der Waals surface area contributed by atoms with Crippen LogP contribution in [0.3, 0.4) is 0 Å². The van der Waals surface area contributed by atoms with E-state index < -0.39 is 0 Å². The largest absolute Gasteiger partial charge is 0.366 e. The molecule has 0 amide bonds. The lowest BCUT2D eigenvalue weighted by atomic mass is 9.91. The number of aromatic nitrogens is 1. The zero-order chi connectivity index (χ0) is 14.0. The molecule has 0 aromatic carbocycles. The standard InChI is InChI=1S/C14H14NO2.C2H6/c1-3-14(2)11-6-7-15-12(10(11)8-17-14)13(16)9-4-5-9;1-2/h4-7H,3,8H2,1-2H3;1-2H3. The number of fused-ring (bicyclic) bond motifs is 1. The Labute approximate surface area is 114 Å². The monoisotopic (exact) mass is 258 g/mol. The Morgan fingerprint density at radius 1 is 1.47 bits per heavy atom. The number of pyridine rings is 1. The van der Waals surface area contributed by atoms with Crippen LogP contribution in [0.5, 0.6) is 0 Å². The molecule has 101 valence electrons. The third-order valence-electron chi connectivity index (χ3n) is 3.65. The van der Waals surface area contributed by atoms with Gasteiger partial charge in [-0.15, -0.1) is 0 Å². The van der Waals surface area contributed by atoms with Gasteiger partial charge in [-0.1, -0.05) is 26.8 Å². The molecule has 0 N–H and O–H groups in total. The van der Waals surface area contributed by atoms with E-state index in [1.807, 2.05) is 32.4 Å². The molecule has 1 aliphatic carbocycles.